The monoisotopic (exact) mass is 342 g/mol. The average molecular weight is 343 g/mol. The minimum Gasteiger partial charge on any atom is -0.361 e. The number of amides is 1. The molecular weight excluding hydrogens is 328 g/mol. The number of fused-ring (bicyclic) bond motifs is 1. The molecule has 0 aromatic heterocycles. The van der Waals surface area contributed by atoms with Crippen LogP contribution >= 0.6 is 15.9 Å². The molecule has 1 fully saturated rings. The molecule has 1 aliphatic carbocycles. The van der Waals surface area contributed by atoms with Gasteiger partial charge in [0.05, 0.1) is 5.56 Å². The summed E-state index contributed by atoms with van der Waals surface area (Å²) in [5, 5.41) is 3.53. The van der Waals surface area contributed by atoms with Crippen LogP contribution < -0.4 is 5.32 Å². The predicted molar refractivity (Wildman–Crippen MR) is 86.1 cm³/mol. The Hall–Kier alpha value is -1.81. The third kappa shape index (κ3) is 2.23. The Morgan fingerprint density at radius 1 is 1.10 bits per heavy atom. The van der Waals surface area contributed by atoms with Gasteiger partial charge in [-0.3, -0.25) is 4.79 Å². The Bertz CT molecular complexity index is 711. The molecule has 1 heterocycles. The van der Waals surface area contributed by atoms with Crippen molar-refractivity contribution in [2.24, 2.45) is 0 Å². The lowest BCUT2D eigenvalue weighted by Gasteiger charge is -2.38. The second-order valence-corrected chi connectivity index (χ2v) is 6.51. The highest BCUT2D eigenvalue weighted by molar-refractivity contribution is 9.10. The van der Waals surface area contributed by atoms with Gasteiger partial charge in [0.25, 0.3) is 5.91 Å². The average Bonchev–Trinajstić information content (AvgIpc) is 3.32. The lowest BCUT2D eigenvalue weighted by molar-refractivity contribution is 0.0666. The van der Waals surface area contributed by atoms with E-state index in [1.165, 1.54) is 0 Å². The van der Waals surface area contributed by atoms with Crippen molar-refractivity contribution in [2.45, 2.75) is 25.0 Å². The maximum Gasteiger partial charge on any atom is 0.258 e. The van der Waals surface area contributed by atoms with Crippen molar-refractivity contribution in [2.75, 3.05) is 5.32 Å². The van der Waals surface area contributed by atoms with Crippen LogP contribution in [-0.4, -0.2) is 16.8 Å². The summed E-state index contributed by atoms with van der Waals surface area (Å²) < 4.78 is 1.03. The van der Waals surface area contributed by atoms with E-state index in [4.69, 9.17) is 0 Å². The normalized spacial score (nSPS) is 20.9. The summed E-state index contributed by atoms with van der Waals surface area (Å²) in [6.45, 7) is 0. The van der Waals surface area contributed by atoms with Crippen molar-refractivity contribution in [3.8, 4) is 0 Å². The van der Waals surface area contributed by atoms with Crippen molar-refractivity contribution in [3.63, 3.8) is 0 Å². The van der Waals surface area contributed by atoms with E-state index in [0.717, 1.165) is 34.1 Å². The Balaban J connectivity index is 1.80. The van der Waals surface area contributed by atoms with Gasteiger partial charge >= 0.3 is 0 Å². The zero-order valence-electron chi connectivity index (χ0n) is 11.4. The van der Waals surface area contributed by atoms with Gasteiger partial charge in [0.15, 0.2) is 0 Å². The lowest BCUT2D eigenvalue weighted by atomic mass is 10.0. The van der Waals surface area contributed by atoms with Gasteiger partial charge in [-0.1, -0.05) is 40.2 Å². The predicted octanol–water partition coefficient (Wildman–Crippen LogP) is 4.18. The molecule has 2 aliphatic rings. The molecule has 106 valence electrons. The number of carbonyl (C=O) groups is 1. The molecule has 0 bridgehead atoms. The van der Waals surface area contributed by atoms with E-state index in [2.05, 4.69) is 33.4 Å². The molecule has 2 aromatic rings. The van der Waals surface area contributed by atoms with E-state index in [0.29, 0.717) is 6.04 Å². The number of carbonyl (C=O) groups excluding carboxylic acids is 1. The van der Waals surface area contributed by atoms with Crippen LogP contribution in [0.2, 0.25) is 0 Å². The summed E-state index contributed by atoms with van der Waals surface area (Å²) in [7, 11) is 0. The highest BCUT2D eigenvalue weighted by Gasteiger charge is 2.41. The molecule has 4 rings (SSSR count). The second-order valence-electron chi connectivity index (χ2n) is 5.59. The van der Waals surface area contributed by atoms with E-state index < -0.39 is 0 Å². The first-order valence-electron chi connectivity index (χ1n) is 7.18. The van der Waals surface area contributed by atoms with Gasteiger partial charge in [-0.25, -0.2) is 0 Å². The topological polar surface area (TPSA) is 32.3 Å². The first-order valence-corrected chi connectivity index (χ1v) is 7.97. The van der Waals surface area contributed by atoms with E-state index >= 15 is 0 Å². The standard InChI is InChI=1S/C17H15BrN2O/c18-12-5-3-4-11(10-12)16-19-15-7-2-1-6-14(15)17(21)20(16)13-8-9-13/h1-7,10,13,16,19H,8-9H2/t16-/m1/s1. The summed E-state index contributed by atoms with van der Waals surface area (Å²) in [6, 6.07) is 16.3. The van der Waals surface area contributed by atoms with Crippen LogP contribution in [0.15, 0.2) is 53.0 Å². The Labute approximate surface area is 132 Å². The van der Waals surface area contributed by atoms with Crippen LogP contribution in [0.5, 0.6) is 0 Å². The molecular formula is C17H15BrN2O. The SMILES string of the molecule is O=C1c2ccccc2N[C@@H](c2cccc(Br)c2)N1C1CC1. The molecule has 4 heteroatoms. The molecule has 1 aliphatic heterocycles. The van der Waals surface area contributed by atoms with Crippen LogP contribution in [0.3, 0.4) is 0 Å². The van der Waals surface area contributed by atoms with Crippen LogP contribution in [0.4, 0.5) is 5.69 Å². The van der Waals surface area contributed by atoms with Crippen molar-refractivity contribution < 1.29 is 4.79 Å². The quantitative estimate of drug-likeness (QED) is 0.887. The Kier molecular flexibility index (Phi) is 3.00. The zero-order chi connectivity index (χ0) is 14.4. The number of para-hydroxylation sites is 1. The molecule has 3 nitrogen and oxygen atoms in total. The maximum atomic E-state index is 12.8. The first kappa shape index (κ1) is 12.9. The Morgan fingerprint density at radius 3 is 2.67 bits per heavy atom. The number of rotatable bonds is 2. The minimum atomic E-state index is -0.0857. The summed E-state index contributed by atoms with van der Waals surface area (Å²) in [5.74, 6) is 0.136. The second kappa shape index (κ2) is 4.88. The summed E-state index contributed by atoms with van der Waals surface area (Å²) in [4.78, 5) is 14.8. The summed E-state index contributed by atoms with van der Waals surface area (Å²) >= 11 is 3.52. The van der Waals surface area contributed by atoms with Crippen molar-refractivity contribution in [3.05, 3.63) is 64.1 Å². The molecule has 0 radical (unpaired) electrons. The van der Waals surface area contributed by atoms with Crippen molar-refractivity contribution in [1.29, 1.82) is 0 Å². The number of nitrogens with one attached hydrogen (secondary N) is 1. The fourth-order valence-electron chi connectivity index (χ4n) is 2.92. The third-order valence-corrected chi connectivity index (χ3v) is 4.56. The van der Waals surface area contributed by atoms with E-state index in [-0.39, 0.29) is 12.1 Å². The zero-order valence-corrected chi connectivity index (χ0v) is 13.0. The van der Waals surface area contributed by atoms with Gasteiger partial charge in [-0.2, -0.15) is 0 Å². The van der Waals surface area contributed by atoms with Crippen LogP contribution in [0, 0.1) is 0 Å². The van der Waals surface area contributed by atoms with Crippen molar-refractivity contribution >= 4 is 27.5 Å². The molecule has 1 saturated carbocycles. The third-order valence-electron chi connectivity index (χ3n) is 4.07. The number of nitrogens with zero attached hydrogens (tertiary/aromatic N) is 1. The largest absolute Gasteiger partial charge is 0.361 e. The Morgan fingerprint density at radius 2 is 1.90 bits per heavy atom. The highest BCUT2D eigenvalue weighted by Crippen LogP contribution is 2.40. The molecule has 1 atom stereocenters. The molecule has 0 saturated heterocycles. The van der Waals surface area contributed by atoms with Gasteiger partial charge in [0.1, 0.15) is 6.17 Å². The molecule has 21 heavy (non-hydrogen) atoms. The fourth-order valence-corrected chi connectivity index (χ4v) is 3.34. The van der Waals surface area contributed by atoms with Crippen molar-refractivity contribution in [1.82, 2.24) is 4.90 Å². The molecule has 2 aromatic carbocycles. The highest BCUT2D eigenvalue weighted by atomic mass is 79.9. The minimum absolute atomic E-state index is 0.0857. The van der Waals surface area contributed by atoms with Crippen LogP contribution in [0.1, 0.15) is 34.9 Å². The smallest absolute Gasteiger partial charge is 0.258 e. The van der Waals surface area contributed by atoms with Crippen LogP contribution in [0.25, 0.3) is 0 Å². The van der Waals surface area contributed by atoms with Gasteiger partial charge in [-0.05, 0) is 42.7 Å². The molecule has 1 amide bonds. The number of hydrogen-bond donors (Lipinski definition) is 1. The lowest BCUT2D eigenvalue weighted by Crippen LogP contribution is -2.44. The number of anilines is 1. The fraction of sp³-hybridized carbons (Fsp3) is 0.235. The summed E-state index contributed by atoms with van der Waals surface area (Å²) in [5.41, 5.74) is 2.80. The molecule has 0 unspecified atom stereocenters. The number of hydrogen-bond acceptors (Lipinski definition) is 2. The van der Waals surface area contributed by atoms with Gasteiger partial charge < -0.3 is 10.2 Å². The molecule has 0 spiro atoms. The number of halogens is 1. The van der Waals surface area contributed by atoms with Gasteiger partial charge in [-0.15, -0.1) is 0 Å². The number of benzene rings is 2. The van der Waals surface area contributed by atoms with Crippen LogP contribution in [-0.2, 0) is 0 Å². The van der Waals surface area contributed by atoms with E-state index in [1.807, 2.05) is 41.3 Å². The van der Waals surface area contributed by atoms with Gasteiger partial charge in [0, 0.05) is 16.2 Å². The molecule has 1 N–H and O–H groups in total. The van der Waals surface area contributed by atoms with E-state index in [9.17, 15) is 4.79 Å². The maximum absolute atomic E-state index is 12.8. The summed E-state index contributed by atoms with van der Waals surface area (Å²) in [6.07, 6.45) is 2.11. The first-order chi connectivity index (χ1) is 10.2. The van der Waals surface area contributed by atoms with E-state index in [1.54, 1.807) is 0 Å². The van der Waals surface area contributed by atoms with Gasteiger partial charge in [0.2, 0.25) is 0 Å².